The molecule has 0 spiro atoms. The highest BCUT2D eigenvalue weighted by Crippen LogP contribution is 2.10. The lowest BCUT2D eigenvalue weighted by molar-refractivity contribution is -0.136. The third-order valence-corrected chi connectivity index (χ3v) is 4.95. The first-order valence-electron chi connectivity index (χ1n) is 6.34. The van der Waals surface area contributed by atoms with Crippen LogP contribution in [0.1, 0.15) is 26.2 Å². The van der Waals surface area contributed by atoms with Crippen molar-refractivity contribution in [2.24, 2.45) is 0 Å². The third kappa shape index (κ3) is 4.79. The molecule has 1 saturated heterocycles. The first-order chi connectivity index (χ1) is 8.86. The molecule has 0 radical (unpaired) electrons. The predicted molar refractivity (Wildman–Crippen MR) is 69.1 cm³/mol. The topological polar surface area (TPSA) is 95.0 Å². The van der Waals surface area contributed by atoms with Crippen molar-refractivity contribution in [1.82, 2.24) is 9.21 Å². The zero-order chi connectivity index (χ0) is 14.5. The lowest BCUT2D eigenvalue weighted by Gasteiger charge is -2.21. The van der Waals surface area contributed by atoms with Gasteiger partial charge in [-0.2, -0.15) is 0 Å². The van der Waals surface area contributed by atoms with Crippen LogP contribution in [0, 0.1) is 0 Å². The van der Waals surface area contributed by atoms with Gasteiger partial charge in [0.25, 0.3) is 0 Å². The number of rotatable bonds is 5. The van der Waals surface area contributed by atoms with E-state index in [0.717, 1.165) is 0 Å². The zero-order valence-electron chi connectivity index (χ0n) is 11.0. The van der Waals surface area contributed by atoms with Crippen molar-refractivity contribution in [2.45, 2.75) is 26.2 Å². The molecule has 7 nitrogen and oxygen atoms in total. The summed E-state index contributed by atoms with van der Waals surface area (Å²) in [6.45, 7) is 3.29. The molecular weight excluding hydrogens is 272 g/mol. The molecule has 0 atom stereocenters. The summed E-state index contributed by atoms with van der Waals surface area (Å²) < 4.78 is 25.2. The Morgan fingerprint density at radius 2 is 1.84 bits per heavy atom. The Labute approximate surface area is 113 Å². The van der Waals surface area contributed by atoms with Gasteiger partial charge in [0.2, 0.25) is 15.9 Å². The highest BCUT2D eigenvalue weighted by Gasteiger charge is 2.26. The van der Waals surface area contributed by atoms with E-state index in [-0.39, 0.29) is 18.2 Å². The summed E-state index contributed by atoms with van der Waals surface area (Å²) >= 11 is 0. The fraction of sp³-hybridized carbons (Fsp3) is 0.818. The fourth-order valence-corrected chi connectivity index (χ4v) is 3.45. The Bertz CT molecular complexity index is 434. The molecule has 0 aromatic rings. The normalized spacial score (nSPS) is 18.1. The standard InChI is InChI=1S/C11H20N2O5S/c1-2-10(14)12-5-3-6-13(8-7-12)19(17,18)9-4-11(15)16/h2-9H2,1H3,(H,15,16). The van der Waals surface area contributed by atoms with Gasteiger partial charge in [-0.25, -0.2) is 12.7 Å². The average Bonchev–Trinajstić information content (AvgIpc) is 2.61. The van der Waals surface area contributed by atoms with Gasteiger partial charge in [-0.3, -0.25) is 9.59 Å². The van der Waals surface area contributed by atoms with E-state index in [4.69, 9.17) is 5.11 Å². The summed E-state index contributed by atoms with van der Waals surface area (Å²) in [7, 11) is -3.54. The van der Waals surface area contributed by atoms with Crippen LogP contribution in [0.4, 0.5) is 0 Å². The number of carbonyl (C=O) groups is 2. The molecule has 1 heterocycles. The highest BCUT2D eigenvalue weighted by atomic mass is 32.2. The summed E-state index contributed by atoms with van der Waals surface area (Å²) in [6.07, 6.45) is 0.597. The molecule has 1 rings (SSSR count). The van der Waals surface area contributed by atoms with Crippen LogP contribution in [0.25, 0.3) is 0 Å². The maximum Gasteiger partial charge on any atom is 0.304 e. The molecule has 0 unspecified atom stereocenters. The Morgan fingerprint density at radius 3 is 2.42 bits per heavy atom. The summed E-state index contributed by atoms with van der Waals surface area (Å²) in [5, 5.41) is 8.54. The van der Waals surface area contributed by atoms with Crippen molar-refractivity contribution in [3.05, 3.63) is 0 Å². The molecule has 19 heavy (non-hydrogen) atoms. The average molecular weight is 292 g/mol. The number of aliphatic carboxylic acids is 1. The van der Waals surface area contributed by atoms with Gasteiger partial charge in [0.15, 0.2) is 0 Å². The maximum absolute atomic E-state index is 11.9. The van der Waals surface area contributed by atoms with E-state index in [0.29, 0.717) is 32.5 Å². The molecule has 0 aromatic heterocycles. The van der Waals surface area contributed by atoms with Crippen LogP contribution >= 0.6 is 0 Å². The largest absolute Gasteiger partial charge is 0.481 e. The Kier molecular flexibility index (Phi) is 5.74. The third-order valence-electron chi connectivity index (χ3n) is 3.08. The minimum absolute atomic E-state index is 0.0183. The van der Waals surface area contributed by atoms with Gasteiger partial charge in [0.05, 0.1) is 12.2 Å². The number of carboxylic acids is 1. The lowest BCUT2D eigenvalue weighted by Crippen LogP contribution is -2.38. The molecule has 0 aromatic carbocycles. The molecule has 1 aliphatic heterocycles. The molecule has 0 aliphatic carbocycles. The van der Waals surface area contributed by atoms with Crippen molar-refractivity contribution in [3.8, 4) is 0 Å². The van der Waals surface area contributed by atoms with Crippen molar-refractivity contribution in [3.63, 3.8) is 0 Å². The van der Waals surface area contributed by atoms with Crippen molar-refractivity contribution in [1.29, 1.82) is 0 Å². The minimum atomic E-state index is -3.54. The number of carboxylic acid groups (broad SMARTS) is 1. The minimum Gasteiger partial charge on any atom is -0.481 e. The number of hydrogen-bond acceptors (Lipinski definition) is 4. The quantitative estimate of drug-likeness (QED) is 0.753. The van der Waals surface area contributed by atoms with Gasteiger partial charge in [-0.15, -0.1) is 0 Å². The van der Waals surface area contributed by atoms with Crippen molar-refractivity contribution in [2.75, 3.05) is 31.9 Å². The highest BCUT2D eigenvalue weighted by molar-refractivity contribution is 7.89. The lowest BCUT2D eigenvalue weighted by atomic mass is 10.3. The number of nitrogens with zero attached hydrogens (tertiary/aromatic N) is 2. The molecule has 1 aliphatic rings. The zero-order valence-corrected chi connectivity index (χ0v) is 11.9. The first-order valence-corrected chi connectivity index (χ1v) is 7.95. The second kappa shape index (κ2) is 6.85. The van der Waals surface area contributed by atoms with Crippen molar-refractivity contribution >= 4 is 21.9 Å². The molecule has 0 saturated carbocycles. The number of hydrogen-bond donors (Lipinski definition) is 1. The molecular formula is C11H20N2O5S. The first kappa shape index (κ1) is 15.9. The van der Waals surface area contributed by atoms with Crippen LogP contribution in [-0.4, -0.2) is 66.5 Å². The molecule has 1 amide bonds. The summed E-state index contributed by atoms with van der Waals surface area (Å²) in [6, 6.07) is 0. The molecule has 110 valence electrons. The predicted octanol–water partition coefficient (Wildman–Crippen LogP) is -0.265. The van der Waals surface area contributed by atoms with Crippen LogP contribution in [0.3, 0.4) is 0 Å². The van der Waals surface area contributed by atoms with Gasteiger partial charge in [0.1, 0.15) is 0 Å². The maximum atomic E-state index is 11.9. The number of sulfonamides is 1. The van der Waals surface area contributed by atoms with E-state index < -0.39 is 22.4 Å². The van der Waals surface area contributed by atoms with Crippen LogP contribution < -0.4 is 0 Å². The summed E-state index contributed by atoms with van der Waals surface area (Å²) in [5.41, 5.74) is 0. The van der Waals surface area contributed by atoms with Crippen LogP contribution in [0.5, 0.6) is 0 Å². The van der Waals surface area contributed by atoms with E-state index in [1.54, 1.807) is 11.8 Å². The Balaban J connectivity index is 2.61. The smallest absolute Gasteiger partial charge is 0.304 e. The van der Waals surface area contributed by atoms with E-state index in [1.807, 2.05) is 0 Å². The monoisotopic (exact) mass is 292 g/mol. The van der Waals surface area contributed by atoms with Crippen LogP contribution in [0.15, 0.2) is 0 Å². The van der Waals surface area contributed by atoms with Gasteiger partial charge in [-0.1, -0.05) is 6.92 Å². The van der Waals surface area contributed by atoms with Crippen LogP contribution in [-0.2, 0) is 19.6 Å². The van der Waals surface area contributed by atoms with Gasteiger partial charge in [-0.05, 0) is 6.42 Å². The van der Waals surface area contributed by atoms with Gasteiger partial charge >= 0.3 is 5.97 Å². The van der Waals surface area contributed by atoms with Crippen molar-refractivity contribution < 1.29 is 23.1 Å². The van der Waals surface area contributed by atoms with E-state index in [2.05, 4.69) is 0 Å². The van der Waals surface area contributed by atoms with Crippen LogP contribution in [0.2, 0.25) is 0 Å². The fourth-order valence-electron chi connectivity index (χ4n) is 1.99. The SMILES string of the molecule is CCC(=O)N1CCCN(S(=O)(=O)CCC(=O)O)CC1. The summed E-state index contributed by atoms with van der Waals surface area (Å²) in [5.74, 6) is -1.49. The molecule has 1 N–H and O–H groups in total. The number of carbonyl (C=O) groups excluding carboxylic acids is 1. The molecule has 1 fully saturated rings. The number of amides is 1. The Hall–Kier alpha value is -1.15. The molecule has 0 bridgehead atoms. The Morgan fingerprint density at radius 1 is 1.16 bits per heavy atom. The second-order valence-electron chi connectivity index (χ2n) is 4.45. The van der Waals surface area contributed by atoms with E-state index >= 15 is 0 Å². The van der Waals surface area contributed by atoms with E-state index in [9.17, 15) is 18.0 Å². The van der Waals surface area contributed by atoms with E-state index in [1.165, 1.54) is 4.31 Å². The summed E-state index contributed by atoms with van der Waals surface area (Å²) in [4.78, 5) is 23.7. The van der Waals surface area contributed by atoms with Gasteiger partial charge < -0.3 is 10.0 Å². The second-order valence-corrected chi connectivity index (χ2v) is 6.54. The van der Waals surface area contributed by atoms with Gasteiger partial charge in [0, 0.05) is 32.6 Å². The molecule has 8 heteroatoms.